The van der Waals surface area contributed by atoms with Crippen molar-refractivity contribution in [2.45, 2.75) is 25.7 Å². The lowest BCUT2D eigenvalue weighted by atomic mass is 9.81. The molecule has 0 unspecified atom stereocenters. The summed E-state index contributed by atoms with van der Waals surface area (Å²) in [6.07, 6.45) is 2.54. The third-order valence-electron chi connectivity index (χ3n) is 4.77. The van der Waals surface area contributed by atoms with Gasteiger partial charge in [0.1, 0.15) is 11.6 Å². The predicted molar refractivity (Wildman–Crippen MR) is 92.8 cm³/mol. The number of halogens is 2. The third kappa shape index (κ3) is 2.91. The van der Waals surface area contributed by atoms with Crippen molar-refractivity contribution in [3.05, 3.63) is 36.4 Å². The molecule has 134 valence electrons. The number of pyridine rings is 2. The number of amides is 1. The molecule has 1 fully saturated rings. The van der Waals surface area contributed by atoms with E-state index in [4.69, 9.17) is 0 Å². The van der Waals surface area contributed by atoms with Crippen molar-refractivity contribution in [1.29, 1.82) is 0 Å². The molecule has 0 bridgehead atoms. The van der Waals surface area contributed by atoms with Crippen LogP contribution < -0.4 is 5.32 Å². The molecule has 8 heteroatoms. The van der Waals surface area contributed by atoms with Crippen LogP contribution in [0, 0.1) is 12.8 Å². The SMILES string of the molecule is Cc1ncc(-c2ccc3cnc(NC(=O)C4CC(F)(F)C4)cc3n2)n1C. The van der Waals surface area contributed by atoms with E-state index in [1.165, 1.54) is 0 Å². The number of anilines is 1. The largest absolute Gasteiger partial charge is 0.330 e. The highest BCUT2D eigenvalue weighted by Gasteiger charge is 2.48. The van der Waals surface area contributed by atoms with Gasteiger partial charge in [0.25, 0.3) is 0 Å². The number of nitrogens with one attached hydrogen (secondary N) is 1. The van der Waals surface area contributed by atoms with Crippen LogP contribution in [-0.4, -0.2) is 31.3 Å². The molecule has 3 aromatic heterocycles. The molecule has 0 radical (unpaired) electrons. The maximum atomic E-state index is 12.9. The highest BCUT2D eigenvalue weighted by molar-refractivity contribution is 5.94. The summed E-state index contributed by atoms with van der Waals surface area (Å²) in [4.78, 5) is 25.1. The quantitative estimate of drug-likeness (QED) is 0.780. The zero-order valence-electron chi connectivity index (χ0n) is 14.3. The Morgan fingerprint density at radius 2 is 2.04 bits per heavy atom. The Morgan fingerprint density at radius 1 is 1.27 bits per heavy atom. The van der Waals surface area contributed by atoms with E-state index in [1.54, 1.807) is 18.5 Å². The van der Waals surface area contributed by atoms with Gasteiger partial charge in [0.15, 0.2) is 0 Å². The van der Waals surface area contributed by atoms with E-state index in [0.29, 0.717) is 11.3 Å². The molecule has 0 aliphatic heterocycles. The van der Waals surface area contributed by atoms with Crippen LogP contribution in [0.5, 0.6) is 0 Å². The number of hydrogen-bond acceptors (Lipinski definition) is 4. The highest BCUT2D eigenvalue weighted by atomic mass is 19.3. The van der Waals surface area contributed by atoms with Gasteiger partial charge in [0.05, 0.1) is 23.1 Å². The number of aryl methyl sites for hydroxylation is 1. The number of carbonyl (C=O) groups excluding carboxylic acids is 1. The van der Waals surface area contributed by atoms with Crippen LogP contribution in [0.3, 0.4) is 0 Å². The fourth-order valence-electron chi connectivity index (χ4n) is 3.04. The van der Waals surface area contributed by atoms with Gasteiger partial charge in [-0.05, 0) is 19.1 Å². The van der Waals surface area contributed by atoms with Crippen molar-refractivity contribution in [3.63, 3.8) is 0 Å². The third-order valence-corrected chi connectivity index (χ3v) is 4.77. The van der Waals surface area contributed by atoms with Crippen LogP contribution in [-0.2, 0) is 11.8 Å². The number of nitrogens with zero attached hydrogens (tertiary/aromatic N) is 4. The van der Waals surface area contributed by atoms with Crippen LogP contribution in [0.4, 0.5) is 14.6 Å². The molecule has 3 heterocycles. The smallest absolute Gasteiger partial charge is 0.249 e. The topological polar surface area (TPSA) is 72.7 Å². The number of rotatable bonds is 3. The maximum Gasteiger partial charge on any atom is 0.249 e. The van der Waals surface area contributed by atoms with Crippen molar-refractivity contribution in [1.82, 2.24) is 19.5 Å². The molecule has 1 aliphatic rings. The molecule has 1 aliphatic carbocycles. The zero-order chi connectivity index (χ0) is 18.5. The molecular formula is C18H17F2N5O. The summed E-state index contributed by atoms with van der Waals surface area (Å²) in [6.45, 7) is 1.91. The second kappa shape index (κ2) is 5.82. The highest BCUT2D eigenvalue weighted by Crippen LogP contribution is 2.42. The van der Waals surface area contributed by atoms with Gasteiger partial charge in [0, 0.05) is 43.5 Å². The van der Waals surface area contributed by atoms with E-state index in [0.717, 1.165) is 22.6 Å². The first-order valence-electron chi connectivity index (χ1n) is 8.27. The minimum atomic E-state index is -2.73. The minimum absolute atomic E-state index is 0.309. The summed E-state index contributed by atoms with van der Waals surface area (Å²) < 4.78 is 27.8. The van der Waals surface area contributed by atoms with Gasteiger partial charge in [-0.1, -0.05) is 0 Å². The Labute approximate surface area is 148 Å². The molecule has 26 heavy (non-hydrogen) atoms. The molecule has 6 nitrogen and oxygen atoms in total. The van der Waals surface area contributed by atoms with Crippen molar-refractivity contribution in [3.8, 4) is 11.4 Å². The maximum absolute atomic E-state index is 12.9. The van der Waals surface area contributed by atoms with E-state index in [-0.39, 0.29) is 0 Å². The molecule has 1 amide bonds. The first kappa shape index (κ1) is 16.6. The van der Waals surface area contributed by atoms with Crippen molar-refractivity contribution in [2.75, 3.05) is 5.32 Å². The van der Waals surface area contributed by atoms with Gasteiger partial charge >= 0.3 is 0 Å². The Morgan fingerprint density at radius 3 is 2.69 bits per heavy atom. The number of carbonyl (C=O) groups is 1. The van der Waals surface area contributed by atoms with E-state index in [2.05, 4.69) is 20.3 Å². The van der Waals surface area contributed by atoms with Crippen LogP contribution in [0.2, 0.25) is 0 Å². The lowest BCUT2D eigenvalue weighted by molar-refractivity contribution is -0.145. The van der Waals surface area contributed by atoms with E-state index < -0.39 is 30.6 Å². The van der Waals surface area contributed by atoms with Crippen LogP contribution >= 0.6 is 0 Å². The summed E-state index contributed by atoms with van der Waals surface area (Å²) in [7, 11) is 1.91. The standard InChI is InChI=1S/C18H17F2N5O/c1-10-21-9-15(25(10)2)13-4-3-11-8-22-16(5-14(11)23-13)24-17(26)12-6-18(19,20)7-12/h3-5,8-9,12H,6-7H2,1-2H3,(H,22,24,26). The van der Waals surface area contributed by atoms with Crippen LogP contribution in [0.1, 0.15) is 18.7 Å². The number of aromatic nitrogens is 4. The summed E-state index contributed by atoms with van der Waals surface area (Å²) in [6, 6.07) is 5.43. The van der Waals surface area contributed by atoms with Crippen LogP contribution in [0.15, 0.2) is 30.6 Å². The summed E-state index contributed by atoms with van der Waals surface area (Å²) in [5.41, 5.74) is 2.29. The molecule has 1 N–H and O–H groups in total. The first-order chi connectivity index (χ1) is 12.3. The van der Waals surface area contributed by atoms with E-state index in [9.17, 15) is 13.6 Å². The predicted octanol–water partition coefficient (Wildman–Crippen LogP) is 3.32. The Bertz CT molecular complexity index is 1010. The Balaban J connectivity index is 1.60. The summed E-state index contributed by atoms with van der Waals surface area (Å²) in [5.74, 6) is -2.64. The van der Waals surface area contributed by atoms with E-state index >= 15 is 0 Å². The molecule has 0 atom stereocenters. The molecule has 1 saturated carbocycles. The molecule has 0 aromatic carbocycles. The molecule has 0 saturated heterocycles. The van der Waals surface area contributed by atoms with Crippen molar-refractivity contribution >= 4 is 22.6 Å². The van der Waals surface area contributed by atoms with Gasteiger partial charge in [-0.3, -0.25) is 4.79 Å². The van der Waals surface area contributed by atoms with Crippen molar-refractivity contribution < 1.29 is 13.6 Å². The fourth-order valence-corrected chi connectivity index (χ4v) is 3.04. The first-order valence-corrected chi connectivity index (χ1v) is 8.27. The second-order valence-electron chi connectivity index (χ2n) is 6.66. The van der Waals surface area contributed by atoms with Gasteiger partial charge in [-0.2, -0.15) is 0 Å². The molecule has 0 spiro atoms. The molecular weight excluding hydrogens is 340 g/mol. The van der Waals surface area contributed by atoms with Gasteiger partial charge in [-0.25, -0.2) is 23.7 Å². The van der Waals surface area contributed by atoms with Gasteiger partial charge < -0.3 is 9.88 Å². The number of alkyl halides is 2. The van der Waals surface area contributed by atoms with Gasteiger partial charge in [0.2, 0.25) is 11.8 Å². The molecule has 4 rings (SSSR count). The minimum Gasteiger partial charge on any atom is -0.330 e. The number of fused-ring (bicyclic) bond motifs is 1. The molecule has 3 aromatic rings. The Hall–Kier alpha value is -2.90. The fraction of sp³-hybridized carbons (Fsp3) is 0.333. The lowest BCUT2D eigenvalue weighted by Gasteiger charge is -2.33. The average Bonchev–Trinajstić information content (AvgIpc) is 2.91. The second-order valence-corrected chi connectivity index (χ2v) is 6.66. The zero-order valence-corrected chi connectivity index (χ0v) is 14.3. The Kier molecular flexibility index (Phi) is 3.71. The van der Waals surface area contributed by atoms with E-state index in [1.807, 2.05) is 30.7 Å². The van der Waals surface area contributed by atoms with Crippen molar-refractivity contribution in [2.24, 2.45) is 13.0 Å². The lowest BCUT2D eigenvalue weighted by Crippen LogP contribution is -2.42. The normalized spacial score (nSPS) is 16.5. The number of hydrogen-bond donors (Lipinski definition) is 1. The number of imidazole rings is 1. The summed E-state index contributed by atoms with van der Waals surface area (Å²) in [5, 5.41) is 3.43. The monoisotopic (exact) mass is 357 g/mol. The summed E-state index contributed by atoms with van der Waals surface area (Å²) >= 11 is 0. The van der Waals surface area contributed by atoms with Crippen LogP contribution in [0.25, 0.3) is 22.3 Å². The van der Waals surface area contributed by atoms with Gasteiger partial charge in [-0.15, -0.1) is 0 Å². The average molecular weight is 357 g/mol.